The van der Waals surface area contributed by atoms with Crippen LogP contribution in [-0.4, -0.2) is 19.3 Å². The Morgan fingerprint density at radius 3 is 2.36 bits per heavy atom. The minimum absolute atomic E-state index is 0.134. The Morgan fingerprint density at radius 2 is 1.75 bits per heavy atom. The van der Waals surface area contributed by atoms with Gasteiger partial charge in [-0.3, -0.25) is 9.52 Å². The number of aryl methyl sites for hydroxylation is 1. The summed E-state index contributed by atoms with van der Waals surface area (Å²) in [5, 5.41) is 5.38. The van der Waals surface area contributed by atoms with Crippen LogP contribution in [-0.2, 0) is 21.2 Å². The van der Waals surface area contributed by atoms with E-state index in [1.54, 1.807) is 0 Å². The van der Waals surface area contributed by atoms with Crippen LogP contribution in [0, 0.1) is 18.6 Å². The largest absolute Gasteiger partial charge is 0.326 e. The molecule has 2 N–H and O–H groups in total. The third-order valence-electron chi connectivity index (χ3n) is 3.63. The molecular formula is C18H15F2N3O3S2. The summed E-state index contributed by atoms with van der Waals surface area (Å²) >= 11 is 1.46. The smallest absolute Gasteiger partial charge is 0.261 e. The molecule has 0 atom stereocenters. The van der Waals surface area contributed by atoms with Gasteiger partial charge in [0.2, 0.25) is 5.91 Å². The molecule has 3 aromatic rings. The first-order valence-electron chi connectivity index (χ1n) is 8.02. The summed E-state index contributed by atoms with van der Waals surface area (Å²) in [6.07, 6.45) is 0.134. The molecule has 6 nitrogen and oxygen atoms in total. The Hall–Kier alpha value is -2.85. The summed E-state index contributed by atoms with van der Waals surface area (Å²) in [5.74, 6) is -2.64. The molecule has 1 aromatic heterocycles. The number of sulfonamides is 1. The van der Waals surface area contributed by atoms with Crippen molar-refractivity contribution in [2.75, 3.05) is 10.0 Å². The zero-order valence-corrected chi connectivity index (χ0v) is 16.2. The van der Waals surface area contributed by atoms with E-state index in [0.29, 0.717) is 17.4 Å². The van der Waals surface area contributed by atoms with Crippen molar-refractivity contribution in [3.8, 4) is 0 Å². The Labute approximate surface area is 164 Å². The van der Waals surface area contributed by atoms with E-state index in [0.717, 1.165) is 17.1 Å². The van der Waals surface area contributed by atoms with Gasteiger partial charge in [0.15, 0.2) is 11.6 Å². The molecule has 0 aliphatic rings. The van der Waals surface area contributed by atoms with E-state index in [-0.39, 0.29) is 18.0 Å². The molecule has 28 heavy (non-hydrogen) atoms. The maximum absolute atomic E-state index is 13.3. The molecule has 10 heteroatoms. The van der Waals surface area contributed by atoms with E-state index in [1.165, 1.54) is 35.6 Å². The topological polar surface area (TPSA) is 88.2 Å². The van der Waals surface area contributed by atoms with Crippen LogP contribution in [0.15, 0.2) is 52.7 Å². The van der Waals surface area contributed by atoms with E-state index >= 15 is 0 Å². The summed E-state index contributed by atoms with van der Waals surface area (Å²) in [7, 11) is -4.08. The first-order chi connectivity index (χ1) is 13.2. The van der Waals surface area contributed by atoms with Gasteiger partial charge in [0.1, 0.15) is 0 Å². The molecule has 2 aromatic carbocycles. The van der Waals surface area contributed by atoms with Crippen LogP contribution in [0.2, 0.25) is 0 Å². The highest BCUT2D eigenvalue weighted by molar-refractivity contribution is 7.92. The van der Waals surface area contributed by atoms with Gasteiger partial charge < -0.3 is 5.32 Å². The van der Waals surface area contributed by atoms with Gasteiger partial charge in [0.25, 0.3) is 10.0 Å². The van der Waals surface area contributed by atoms with Gasteiger partial charge in [-0.25, -0.2) is 22.2 Å². The van der Waals surface area contributed by atoms with E-state index in [9.17, 15) is 22.0 Å². The molecule has 3 rings (SSSR count). The summed E-state index contributed by atoms with van der Waals surface area (Å²) in [6, 6.07) is 8.25. The highest BCUT2D eigenvalue weighted by Gasteiger charge is 2.17. The molecule has 0 unspecified atom stereocenters. The zero-order valence-electron chi connectivity index (χ0n) is 14.6. The van der Waals surface area contributed by atoms with Gasteiger partial charge in [-0.2, -0.15) is 0 Å². The maximum atomic E-state index is 13.3. The Bertz CT molecular complexity index is 1110. The fraction of sp³-hybridized carbons (Fsp3) is 0.111. The quantitative estimate of drug-likeness (QED) is 0.633. The summed E-state index contributed by atoms with van der Waals surface area (Å²) in [4.78, 5) is 15.8. The van der Waals surface area contributed by atoms with Crippen LogP contribution in [0.1, 0.15) is 10.7 Å². The van der Waals surface area contributed by atoms with Crippen molar-refractivity contribution in [3.63, 3.8) is 0 Å². The first kappa shape index (κ1) is 19.9. The highest BCUT2D eigenvalue weighted by atomic mass is 32.2. The number of aromatic nitrogens is 1. The van der Waals surface area contributed by atoms with Crippen molar-refractivity contribution in [1.29, 1.82) is 0 Å². The molecular weight excluding hydrogens is 408 g/mol. The van der Waals surface area contributed by atoms with Gasteiger partial charge in [-0.05, 0) is 49.4 Å². The van der Waals surface area contributed by atoms with E-state index in [2.05, 4.69) is 15.0 Å². The number of benzene rings is 2. The second-order valence-electron chi connectivity index (χ2n) is 5.84. The van der Waals surface area contributed by atoms with E-state index in [1.807, 2.05) is 12.3 Å². The second kappa shape index (κ2) is 8.03. The molecule has 146 valence electrons. The number of anilines is 2. The molecule has 0 spiro atoms. The molecule has 0 saturated carbocycles. The molecule has 0 radical (unpaired) electrons. The van der Waals surface area contributed by atoms with Crippen molar-refractivity contribution < 1.29 is 22.0 Å². The summed E-state index contributed by atoms with van der Waals surface area (Å²) in [5.41, 5.74) is 1.36. The van der Waals surface area contributed by atoms with Gasteiger partial charge >= 0.3 is 0 Å². The molecule has 0 bridgehead atoms. The number of carbonyl (C=O) groups is 1. The minimum Gasteiger partial charge on any atom is -0.326 e. The second-order valence-corrected chi connectivity index (χ2v) is 8.59. The Kier molecular flexibility index (Phi) is 5.71. The fourth-order valence-corrected chi connectivity index (χ4v) is 4.02. The first-order valence-corrected chi connectivity index (χ1v) is 10.4. The summed E-state index contributed by atoms with van der Waals surface area (Å²) < 4.78 is 53.0. The molecule has 0 aliphatic heterocycles. The number of nitrogens with zero attached hydrogens (tertiary/aromatic N) is 1. The zero-order chi connectivity index (χ0) is 20.3. The molecule has 1 amide bonds. The number of rotatable bonds is 6. The van der Waals surface area contributed by atoms with Crippen molar-refractivity contribution in [3.05, 3.63) is 70.2 Å². The highest BCUT2D eigenvalue weighted by Crippen LogP contribution is 2.20. The average Bonchev–Trinajstić information content (AvgIpc) is 3.03. The van der Waals surface area contributed by atoms with Crippen LogP contribution >= 0.6 is 11.3 Å². The van der Waals surface area contributed by atoms with Gasteiger partial charge in [-0.15, -0.1) is 11.3 Å². The Balaban J connectivity index is 1.65. The van der Waals surface area contributed by atoms with E-state index in [4.69, 9.17) is 0 Å². The average molecular weight is 423 g/mol. The summed E-state index contributed by atoms with van der Waals surface area (Å²) in [6.45, 7) is 1.85. The minimum atomic E-state index is -4.08. The molecule has 0 saturated heterocycles. The van der Waals surface area contributed by atoms with Crippen molar-refractivity contribution in [2.24, 2.45) is 0 Å². The lowest BCUT2D eigenvalue weighted by molar-refractivity contribution is -0.115. The predicted octanol–water partition coefficient (Wildman–Crippen LogP) is 3.71. The van der Waals surface area contributed by atoms with Crippen molar-refractivity contribution >= 4 is 38.6 Å². The van der Waals surface area contributed by atoms with Crippen molar-refractivity contribution in [1.82, 2.24) is 4.98 Å². The third kappa shape index (κ3) is 4.90. The maximum Gasteiger partial charge on any atom is 0.261 e. The van der Waals surface area contributed by atoms with Crippen LogP contribution < -0.4 is 10.0 Å². The van der Waals surface area contributed by atoms with Crippen LogP contribution in [0.4, 0.5) is 20.2 Å². The molecule has 1 heterocycles. The standard InChI is InChI=1S/C18H15F2N3O3S2/c1-11-21-14(10-27-11)8-18(24)22-12-2-4-13(5-3-12)23-28(25,26)15-6-7-16(19)17(20)9-15/h2-7,9-10,23H,8H2,1H3,(H,22,24). The number of carbonyl (C=O) groups excluding carboxylic acids is 1. The van der Waals surface area contributed by atoms with Gasteiger partial charge in [0, 0.05) is 16.8 Å². The number of hydrogen-bond donors (Lipinski definition) is 2. The molecule has 0 fully saturated rings. The number of thiazole rings is 1. The number of nitrogens with one attached hydrogen (secondary N) is 2. The number of amides is 1. The van der Waals surface area contributed by atoms with Crippen LogP contribution in [0.25, 0.3) is 0 Å². The third-order valence-corrected chi connectivity index (χ3v) is 5.83. The van der Waals surface area contributed by atoms with Crippen molar-refractivity contribution in [2.45, 2.75) is 18.2 Å². The lowest BCUT2D eigenvalue weighted by Crippen LogP contribution is -2.15. The number of halogens is 2. The van der Waals surface area contributed by atoms with Gasteiger partial charge in [0.05, 0.1) is 22.0 Å². The SMILES string of the molecule is Cc1nc(CC(=O)Nc2ccc(NS(=O)(=O)c3ccc(F)c(F)c3)cc2)cs1. The van der Waals surface area contributed by atoms with Crippen LogP contribution in [0.3, 0.4) is 0 Å². The lowest BCUT2D eigenvalue weighted by atomic mass is 10.2. The fourth-order valence-electron chi connectivity index (χ4n) is 2.34. The monoisotopic (exact) mass is 423 g/mol. The number of hydrogen-bond acceptors (Lipinski definition) is 5. The molecule has 0 aliphatic carbocycles. The van der Waals surface area contributed by atoms with Crippen LogP contribution in [0.5, 0.6) is 0 Å². The van der Waals surface area contributed by atoms with E-state index < -0.39 is 26.6 Å². The lowest BCUT2D eigenvalue weighted by Gasteiger charge is -2.10. The Morgan fingerprint density at radius 1 is 1.07 bits per heavy atom. The van der Waals surface area contributed by atoms with Gasteiger partial charge in [-0.1, -0.05) is 0 Å². The predicted molar refractivity (Wildman–Crippen MR) is 103 cm³/mol. The normalized spacial score (nSPS) is 11.2.